The van der Waals surface area contributed by atoms with Gasteiger partial charge in [0, 0.05) is 0 Å². The zero-order valence-electron chi connectivity index (χ0n) is 16.6. The number of nitrogens with zero attached hydrogens (tertiary/aromatic N) is 3. The van der Waals surface area contributed by atoms with Gasteiger partial charge in [-0.15, -0.1) is 5.10 Å². The van der Waals surface area contributed by atoms with Gasteiger partial charge >= 0.3 is 5.97 Å². The van der Waals surface area contributed by atoms with Gasteiger partial charge in [0.05, 0.1) is 18.5 Å². The van der Waals surface area contributed by atoms with E-state index in [1.165, 1.54) is 25.3 Å². The van der Waals surface area contributed by atoms with Crippen molar-refractivity contribution >= 4 is 17.6 Å². The molecule has 0 aliphatic heterocycles. The van der Waals surface area contributed by atoms with E-state index in [0.29, 0.717) is 5.82 Å². The van der Waals surface area contributed by atoms with Crippen LogP contribution in [0.2, 0.25) is 0 Å². The van der Waals surface area contributed by atoms with Crippen LogP contribution in [0.3, 0.4) is 0 Å². The Labute approximate surface area is 168 Å². The summed E-state index contributed by atoms with van der Waals surface area (Å²) in [6.07, 6.45) is 0. The van der Waals surface area contributed by atoms with Gasteiger partial charge in [-0.25, -0.2) is 14.5 Å². The molecular formula is C21H22N4O4. The summed E-state index contributed by atoms with van der Waals surface area (Å²) in [5, 5.41) is 17.1. The van der Waals surface area contributed by atoms with E-state index in [-0.39, 0.29) is 28.7 Å². The molecule has 0 aliphatic rings. The minimum Gasteiger partial charge on any atom is -0.505 e. The first-order valence-electron chi connectivity index (χ1n) is 9.08. The number of phenolic OH excluding ortho intramolecular Hbond substituents is 1. The number of ether oxygens (including phenoxy) is 1. The van der Waals surface area contributed by atoms with Crippen LogP contribution >= 0.6 is 0 Å². The van der Waals surface area contributed by atoms with E-state index in [1.807, 2.05) is 24.3 Å². The first kappa shape index (κ1) is 20.1. The van der Waals surface area contributed by atoms with Crippen molar-refractivity contribution in [1.29, 1.82) is 0 Å². The predicted molar refractivity (Wildman–Crippen MR) is 108 cm³/mol. The molecule has 150 valence electrons. The number of aromatic nitrogens is 3. The van der Waals surface area contributed by atoms with Crippen LogP contribution < -0.4 is 5.32 Å². The third kappa shape index (κ3) is 3.96. The van der Waals surface area contributed by atoms with Crippen LogP contribution in [0.5, 0.6) is 5.75 Å². The summed E-state index contributed by atoms with van der Waals surface area (Å²) in [7, 11) is 1.21. The highest BCUT2D eigenvalue weighted by Gasteiger charge is 2.20. The monoisotopic (exact) mass is 394 g/mol. The van der Waals surface area contributed by atoms with Crippen molar-refractivity contribution in [3.8, 4) is 11.4 Å². The Morgan fingerprint density at radius 2 is 1.86 bits per heavy atom. The van der Waals surface area contributed by atoms with Gasteiger partial charge in [-0.1, -0.05) is 38.1 Å². The van der Waals surface area contributed by atoms with Crippen molar-refractivity contribution in [2.45, 2.75) is 26.7 Å². The van der Waals surface area contributed by atoms with E-state index in [1.54, 1.807) is 11.6 Å². The SMILES string of the molecule is COC(=O)c1cccc(NC(=O)c2nc(C)n(-c3ccccc3C(C)C)n2)c1O. The Hall–Kier alpha value is -3.68. The van der Waals surface area contributed by atoms with Crippen molar-refractivity contribution < 1.29 is 19.4 Å². The van der Waals surface area contributed by atoms with E-state index in [2.05, 4.69) is 34.0 Å². The lowest BCUT2D eigenvalue weighted by molar-refractivity contribution is 0.0597. The summed E-state index contributed by atoms with van der Waals surface area (Å²) >= 11 is 0. The number of carbonyl (C=O) groups excluding carboxylic acids is 2. The number of phenols is 1. The Balaban J connectivity index is 1.92. The maximum absolute atomic E-state index is 12.7. The molecule has 29 heavy (non-hydrogen) atoms. The van der Waals surface area contributed by atoms with Gasteiger partial charge in [0.25, 0.3) is 5.91 Å². The van der Waals surface area contributed by atoms with Crippen molar-refractivity contribution in [2.75, 3.05) is 12.4 Å². The standard InChI is InChI=1S/C21H22N4O4/c1-12(2)14-8-5-6-11-17(14)25-13(3)22-19(24-25)20(27)23-16-10-7-9-15(18(16)26)21(28)29-4/h5-12,26H,1-4H3,(H,23,27). The quantitative estimate of drug-likeness (QED) is 0.507. The van der Waals surface area contributed by atoms with Gasteiger partial charge in [-0.2, -0.15) is 0 Å². The minimum absolute atomic E-state index is 0.0502. The average Bonchev–Trinajstić information content (AvgIpc) is 3.10. The Morgan fingerprint density at radius 1 is 1.14 bits per heavy atom. The fraction of sp³-hybridized carbons (Fsp3) is 0.238. The summed E-state index contributed by atoms with van der Waals surface area (Å²) in [4.78, 5) is 28.6. The van der Waals surface area contributed by atoms with Crippen LogP contribution in [0, 0.1) is 6.92 Å². The van der Waals surface area contributed by atoms with Crippen molar-refractivity contribution in [3.63, 3.8) is 0 Å². The van der Waals surface area contributed by atoms with Gasteiger partial charge in [0.2, 0.25) is 5.82 Å². The molecule has 3 rings (SSSR count). The number of esters is 1. The summed E-state index contributed by atoms with van der Waals surface area (Å²) in [6.45, 7) is 5.92. The third-order valence-electron chi connectivity index (χ3n) is 4.45. The number of anilines is 1. The van der Waals surface area contributed by atoms with Crippen LogP contribution in [-0.2, 0) is 4.74 Å². The van der Waals surface area contributed by atoms with Crippen LogP contribution in [0.4, 0.5) is 5.69 Å². The molecular weight excluding hydrogens is 372 g/mol. The molecule has 1 aromatic heterocycles. The van der Waals surface area contributed by atoms with Crippen LogP contribution in [-0.4, -0.2) is 38.9 Å². The molecule has 0 unspecified atom stereocenters. The molecule has 0 fully saturated rings. The molecule has 8 heteroatoms. The maximum atomic E-state index is 12.7. The highest BCUT2D eigenvalue weighted by molar-refractivity contribution is 6.04. The third-order valence-corrected chi connectivity index (χ3v) is 4.45. The molecule has 0 bridgehead atoms. The smallest absolute Gasteiger partial charge is 0.341 e. The van der Waals surface area contributed by atoms with E-state index < -0.39 is 11.9 Å². The number of rotatable bonds is 5. The number of hydrogen-bond donors (Lipinski definition) is 2. The molecule has 1 amide bonds. The highest BCUT2D eigenvalue weighted by atomic mass is 16.5. The molecule has 2 N–H and O–H groups in total. The van der Waals surface area contributed by atoms with Crippen LogP contribution in [0.1, 0.15) is 52.1 Å². The molecule has 0 radical (unpaired) electrons. The molecule has 3 aromatic rings. The van der Waals surface area contributed by atoms with Gasteiger partial charge in [0.1, 0.15) is 11.4 Å². The number of para-hydroxylation sites is 2. The number of amides is 1. The summed E-state index contributed by atoms with van der Waals surface area (Å²) in [6, 6.07) is 12.2. The first-order chi connectivity index (χ1) is 13.8. The predicted octanol–water partition coefficient (Wildman–Crippen LogP) is 3.44. The zero-order valence-corrected chi connectivity index (χ0v) is 16.6. The van der Waals surface area contributed by atoms with Crippen molar-refractivity contribution in [1.82, 2.24) is 14.8 Å². The van der Waals surface area contributed by atoms with Gasteiger partial charge in [-0.3, -0.25) is 4.79 Å². The van der Waals surface area contributed by atoms with E-state index in [9.17, 15) is 14.7 Å². The second-order valence-electron chi connectivity index (χ2n) is 6.76. The lowest BCUT2D eigenvalue weighted by Gasteiger charge is -2.12. The largest absolute Gasteiger partial charge is 0.505 e. The Kier molecular flexibility index (Phi) is 5.63. The number of aromatic hydroxyl groups is 1. The number of aryl methyl sites for hydroxylation is 1. The number of methoxy groups -OCH3 is 1. The van der Waals surface area contributed by atoms with Gasteiger partial charge in [0.15, 0.2) is 5.75 Å². The molecule has 8 nitrogen and oxygen atoms in total. The molecule has 0 spiro atoms. The number of carbonyl (C=O) groups is 2. The second kappa shape index (κ2) is 8.14. The molecule has 0 atom stereocenters. The maximum Gasteiger partial charge on any atom is 0.341 e. The Morgan fingerprint density at radius 3 is 2.55 bits per heavy atom. The topological polar surface area (TPSA) is 106 Å². The van der Waals surface area contributed by atoms with Gasteiger partial charge in [-0.05, 0) is 36.6 Å². The van der Waals surface area contributed by atoms with Crippen LogP contribution in [0.15, 0.2) is 42.5 Å². The summed E-state index contributed by atoms with van der Waals surface area (Å²) in [5.41, 5.74) is 1.94. The van der Waals surface area contributed by atoms with E-state index in [4.69, 9.17) is 0 Å². The average molecular weight is 394 g/mol. The fourth-order valence-electron chi connectivity index (χ4n) is 2.98. The molecule has 0 aliphatic carbocycles. The second-order valence-corrected chi connectivity index (χ2v) is 6.76. The summed E-state index contributed by atoms with van der Waals surface area (Å²) < 4.78 is 6.24. The lowest BCUT2D eigenvalue weighted by Crippen LogP contribution is -2.15. The number of hydrogen-bond acceptors (Lipinski definition) is 6. The van der Waals surface area contributed by atoms with Crippen molar-refractivity contribution in [2.24, 2.45) is 0 Å². The first-order valence-corrected chi connectivity index (χ1v) is 9.08. The number of benzene rings is 2. The van der Waals surface area contributed by atoms with E-state index in [0.717, 1.165) is 11.3 Å². The number of nitrogens with one attached hydrogen (secondary N) is 1. The minimum atomic E-state index is -0.706. The highest BCUT2D eigenvalue weighted by Crippen LogP contribution is 2.28. The fourth-order valence-corrected chi connectivity index (χ4v) is 2.98. The molecule has 1 heterocycles. The van der Waals surface area contributed by atoms with Gasteiger partial charge < -0.3 is 15.2 Å². The molecule has 2 aromatic carbocycles. The normalized spacial score (nSPS) is 10.8. The molecule has 0 saturated carbocycles. The summed E-state index contributed by atoms with van der Waals surface area (Å²) in [5.74, 6) is -0.924. The molecule has 0 saturated heterocycles. The van der Waals surface area contributed by atoms with E-state index >= 15 is 0 Å². The van der Waals surface area contributed by atoms with Crippen molar-refractivity contribution in [3.05, 3.63) is 65.2 Å². The van der Waals surface area contributed by atoms with Crippen LogP contribution in [0.25, 0.3) is 5.69 Å². The zero-order chi connectivity index (χ0) is 21.1. The Bertz CT molecular complexity index is 1070. The lowest BCUT2D eigenvalue weighted by atomic mass is 10.0.